The van der Waals surface area contributed by atoms with Gasteiger partial charge in [0, 0.05) is 31.3 Å². The SMILES string of the molecule is CC/C=C/C=C/CC(C)(C)c1cc(CC(=O)OCOC(C)=O)ccc1NCc1cc([N+](=O)[O-])cc([N+](=O)[O-])c1. The molecule has 2 aromatic carbocycles. The molecule has 0 fully saturated rings. The zero-order valence-electron chi connectivity index (χ0n) is 22.5. The molecule has 0 amide bonds. The van der Waals surface area contributed by atoms with Crippen LogP contribution in [0.3, 0.4) is 0 Å². The number of nitro benzene ring substituents is 2. The van der Waals surface area contributed by atoms with Crippen molar-refractivity contribution in [2.75, 3.05) is 12.1 Å². The van der Waals surface area contributed by atoms with Crippen LogP contribution in [0, 0.1) is 20.2 Å². The normalized spacial score (nSPS) is 11.5. The van der Waals surface area contributed by atoms with Crippen LogP contribution in [0.5, 0.6) is 0 Å². The third-order valence-electron chi connectivity index (χ3n) is 5.76. The molecule has 1 N–H and O–H groups in total. The topological polar surface area (TPSA) is 151 Å². The molecule has 0 aliphatic rings. The smallest absolute Gasteiger partial charge is 0.313 e. The number of esters is 2. The van der Waals surface area contributed by atoms with Gasteiger partial charge < -0.3 is 14.8 Å². The minimum Gasteiger partial charge on any atom is -0.428 e. The molecule has 39 heavy (non-hydrogen) atoms. The van der Waals surface area contributed by atoms with Gasteiger partial charge in [0.2, 0.25) is 6.79 Å². The molecule has 0 aliphatic carbocycles. The van der Waals surface area contributed by atoms with Gasteiger partial charge >= 0.3 is 11.9 Å². The van der Waals surface area contributed by atoms with Crippen LogP contribution >= 0.6 is 0 Å². The first-order chi connectivity index (χ1) is 18.4. The lowest BCUT2D eigenvalue weighted by atomic mass is 9.79. The lowest BCUT2D eigenvalue weighted by Crippen LogP contribution is -2.20. The van der Waals surface area contributed by atoms with Crippen molar-refractivity contribution in [2.45, 2.75) is 58.9 Å². The van der Waals surface area contributed by atoms with Gasteiger partial charge in [-0.15, -0.1) is 0 Å². The average molecular weight is 540 g/mol. The number of nitro groups is 2. The Balaban J connectivity index is 2.35. The van der Waals surface area contributed by atoms with Gasteiger partial charge in [-0.25, -0.2) is 0 Å². The Hall–Kier alpha value is -4.54. The summed E-state index contributed by atoms with van der Waals surface area (Å²) in [4.78, 5) is 44.3. The third-order valence-corrected chi connectivity index (χ3v) is 5.76. The maximum Gasteiger partial charge on any atom is 0.313 e. The van der Waals surface area contributed by atoms with Crippen LogP contribution in [-0.4, -0.2) is 28.6 Å². The standard InChI is InChI=1S/C28H33N3O8/c1-5-6-7-8-9-12-28(3,4)25-15-21(16-27(33)39-19-38-20(2)32)10-11-26(25)29-18-22-13-23(30(34)35)17-24(14-22)31(36)37/h6-11,13-15,17,29H,5,12,16,18-19H2,1-4H3/b7-6+,9-8+. The summed E-state index contributed by atoms with van der Waals surface area (Å²) in [5.74, 6) is -1.12. The first kappa shape index (κ1) is 30.7. The Morgan fingerprint density at radius 1 is 0.949 bits per heavy atom. The number of ether oxygens (including phenoxy) is 2. The van der Waals surface area contributed by atoms with Crippen LogP contribution < -0.4 is 5.32 Å². The third kappa shape index (κ3) is 10.0. The van der Waals surface area contributed by atoms with E-state index < -0.39 is 34.0 Å². The lowest BCUT2D eigenvalue weighted by molar-refractivity contribution is -0.394. The number of non-ortho nitro benzene ring substituents is 2. The summed E-state index contributed by atoms with van der Waals surface area (Å²) >= 11 is 0. The van der Waals surface area contributed by atoms with Crippen molar-refractivity contribution in [3.8, 4) is 0 Å². The number of hydrogen-bond acceptors (Lipinski definition) is 9. The second-order valence-corrected chi connectivity index (χ2v) is 9.40. The molecule has 0 unspecified atom stereocenters. The number of allylic oxidation sites excluding steroid dienone is 4. The molecule has 0 bridgehead atoms. The zero-order valence-corrected chi connectivity index (χ0v) is 22.5. The van der Waals surface area contributed by atoms with Crippen molar-refractivity contribution < 1.29 is 28.9 Å². The highest BCUT2D eigenvalue weighted by Gasteiger charge is 2.24. The quantitative estimate of drug-likeness (QED) is 0.101. The van der Waals surface area contributed by atoms with Crippen LogP contribution in [0.4, 0.5) is 17.1 Å². The van der Waals surface area contributed by atoms with Gasteiger partial charge in [-0.3, -0.25) is 29.8 Å². The second kappa shape index (κ2) is 14.4. The molecular weight excluding hydrogens is 506 g/mol. The number of carbonyl (C=O) groups is 2. The van der Waals surface area contributed by atoms with Crippen LogP contribution in [-0.2, 0) is 37.4 Å². The monoisotopic (exact) mass is 539 g/mol. The van der Waals surface area contributed by atoms with Crippen molar-refractivity contribution in [1.82, 2.24) is 0 Å². The fraction of sp³-hybridized carbons (Fsp3) is 0.357. The van der Waals surface area contributed by atoms with Crippen molar-refractivity contribution in [1.29, 1.82) is 0 Å². The molecule has 0 saturated carbocycles. The lowest BCUT2D eigenvalue weighted by Gasteiger charge is -2.28. The Kier molecular flexibility index (Phi) is 11.3. The molecule has 2 rings (SSSR count). The molecule has 0 saturated heterocycles. The highest BCUT2D eigenvalue weighted by molar-refractivity contribution is 5.73. The Morgan fingerprint density at radius 2 is 1.59 bits per heavy atom. The fourth-order valence-electron chi connectivity index (χ4n) is 3.74. The summed E-state index contributed by atoms with van der Waals surface area (Å²) in [5.41, 5.74) is 1.51. The van der Waals surface area contributed by atoms with Crippen LogP contribution in [0.2, 0.25) is 0 Å². The number of carbonyl (C=O) groups excluding carboxylic acids is 2. The van der Waals surface area contributed by atoms with E-state index in [0.29, 0.717) is 23.2 Å². The molecule has 208 valence electrons. The molecule has 11 nitrogen and oxygen atoms in total. The molecule has 0 aromatic heterocycles. The number of benzene rings is 2. The Bertz CT molecular complexity index is 1240. The van der Waals surface area contributed by atoms with Gasteiger partial charge in [-0.1, -0.05) is 57.2 Å². The summed E-state index contributed by atoms with van der Waals surface area (Å²) in [5, 5.41) is 25.8. The molecule has 0 spiro atoms. The summed E-state index contributed by atoms with van der Waals surface area (Å²) in [6.07, 6.45) is 9.57. The second-order valence-electron chi connectivity index (χ2n) is 9.40. The van der Waals surface area contributed by atoms with E-state index in [2.05, 4.69) is 10.1 Å². The maximum absolute atomic E-state index is 12.2. The predicted octanol–water partition coefficient (Wildman–Crippen LogP) is 5.91. The first-order valence-corrected chi connectivity index (χ1v) is 12.3. The highest BCUT2D eigenvalue weighted by atomic mass is 16.7. The summed E-state index contributed by atoms with van der Waals surface area (Å²) in [6, 6.07) is 8.92. The van der Waals surface area contributed by atoms with Gasteiger partial charge in [-0.2, -0.15) is 0 Å². The molecular formula is C28H33N3O8. The molecule has 0 radical (unpaired) electrons. The maximum atomic E-state index is 12.2. The number of hydrogen-bond donors (Lipinski definition) is 1. The fourth-order valence-corrected chi connectivity index (χ4v) is 3.74. The van der Waals surface area contributed by atoms with E-state index in [1.807, 2.05) is 51.1 Å². The summed E-state index contributed by atoms with van der Waals surface area (Å²) < 4.78 is 9.61. The van der Waals surface area contributed by atoms with E-state index in [0.717, 1.165) is 18.1 Å². The highest BCUT2D eigenvalue weighted by Crippen LogP contribution is 2.35. The molecule has 2 aromatic rings. The largest absolute Gasteiger partial charge is 0.428 e. The minimum absolute atomic E-state index is 0.0449. The van der Waals surface area contributed by atoms with E-state index >= 15 is 0 Å². The van der Waals surface area contributed by atoms with E-state index in [4.69, 9.17) is 4.74 Å². The number of nitrogens with one attached hydrogen (secondary N) is 1. The number of rotatable bonds is 14. The predicted molar refractivity (Wildman–Crippen MR) is 146 cm³/mol. The summed E-state index contributed by atoms with van der Waals surface area (Å²) in [6.45, 7) is 6.99. The minimum atomic E-state index is -0.667. The van der Waals surface area contributed by atoms with Gasteiger partial charge in [0.15, 0.2) is 0 Å². The van der Waals surface area contributed by atoms with E-state index in [1.165, 1.54) is 19.1 Å². The van der Waals surface area contributed by atoms with Crippen molar-refractivity contribution >= 4 is 29.0 Å². The first-order valence-electron chi connectivity index (χ1n) is 12.3. The van der Waals surface area contributed by atoms with E-state index in [9.17, 15) is 29.8 Å². The summed E-state index contributed by atoms with van der Waals surface area (Å²) in [7, 11) is 0. The van der Waals surface area contributed by atoms with Gasteiger partial charge in [0.25, 0.3) is 11.4 Å². The van der Waals surface area contributed by atoms with Crippen LogP contribution in [0.1, 0.15) is 57.2 Å². The van der Waals surface area contributed by atoms with Gasteiger partial charge in [0.05, 0.1) is 22.3 Å². The van der Waals surface area contributed by atoms with Gasteiger partial charge in [0.1, 0.15) is 0 Å². The zero-order chi connectivity index (χ0) is 29.0. The van der Waals surface area contributed by atoms with Crippen molar-refractivity contribution in [2.24, 2.45) is 0 Å². The van der Waals surface area contributed by atoms with Crippen LogP contribution in [0.15, 0.2) is 60.7 Å². The van der Waals surface area contributed by atoms with Crippen molar-refractivity contribution in [3.63, 3.8) is 0 Å². The van der Waals surface area contributed by atoms with E-state index in [-0.39, 0.29) is 24.3 Å². The van der Waals surface area contributed by atoms with E-state index in [1.54, 1.807) is 12.1 Å². The average Bonchev–Trinajstić information content (AvgIpc) is 2.87. The molecule has 11 heteroatoms. The Labute approximate surface area is 226 Å². The Morgan fingerprint density at radius 3 is 2.18 bits per heavy atom. The molecule has 0 atom stereocenters. The molecule has 0 heterocycles. The number of nitrogens with zero attached hydrogens (tertiary/aromatic N) is 2. The van der Waals surface area contributed by atoms with Crippen LogP contribution in [0.25, 0.3) is 0 Å². The molecule has 0 aliphatic heterocycles. The van der Waals surface area contributed by atoms with Crippen molar-refractivity contribution in [3.05, 3.63) is 97.6 Å². The number of anilines is 1. The van der Waals surface area contributed by atoms with Gasteiger partial charge in [-0.05, 0) is 41.0 Å².